The zero-order valence-electron chi connectivity index (χ0n) is 10.8. The molecule has 0 radical (unpaired) electrons. The first kappa shape index (κ1) is 14.2. The van der Waals surface area contributed by atoms with Gasteiger partial charge in [-0.3, -0.25) is 9.78 Å². The van der Waals surface area contributed by atoms with Gasteiger partial charge in [0.2, 0.25) is 0 Å². The first-order valence-electron chi connectivity index (χ1n) is 5.91. The van der Waals surface area contributed by atoms with Crippen molar-refractivity contribution >= 4 is 0 Å². The molecule has 1 N–H and O–H groups in total. The van der Waals surface area contributed by atoms with E-state index in [0.717, 1.165) is 24.8 Å². The van der Waals surface area contributed by atoms with E-state index < -0.39 is 17.3 Å². The van der Waals surface area contributed by atoms with E-state index >= 15 is 0 Å². The summed E-state index contributed by atoms with van der Waals surface area (Å²) in [5.74, 6) is -0.260. The predicted molar refractivity (Wildman–Crippen MR) is 67.2 cm³/mol. The van der Waals surface area contributed by atoms with Gasteiger partial charge in [0.1, 0.15) is 0 Å². The van der Waals surface area contributed by atoms with Crippen LogP contribution in [-0.4, -0.2) is 15.0 Å². The summed E-state index contributed by atoms with van der Waals surface area (Å²) in [6, 6.07) is 0.877. The lowest BCUT2D eigenvalue weighted by atomic mass is 9.96. The second kappa shape index (κ2) is 5.07. The van der Waals surface area contributed by atoms with Crippen LogP contribution in [0.3, 0.4) is 0 Å². The molecular weight excluding hydrogens is 271 g/mol. The van der Waals surface area contributed by atoms with Gasteiger partial charge >= 0.3 is 6.18 Å². The molecule has 0 spiro atoms. The van der Waals surface area contributed by atoms with E-state index in [1.54, 1.807) is 13.8 Å². The van der Waals surface area contributed by atoms with Gasteiger partial charge < -0.3 is 4.98 Å². The Morgan fingerprint density at radius 3 is 2.60 bits per heavy atom. The highest BCUT2D eigenvalue weighted by molar-refractivity contribution is 5.66. The molecule has 7 heteroatoms. The monoisotopic (exact) mass is 283 g/mol. The van der Waals surface area contributed by atoms with Crippen LogP contribution in [-0.2, 0) is 6.18 Å². The van der Waals surface area contributed by atoms with Crippen LogP contribution in [0.5, 0.6) is 0 Å². The van der Waals surface area contributed by atoms with Gasteiger partial charge in [0.25, 0.3) is 5.56 Å². The minimum Gasteiger partial charge on any atom is -0.313 e. The molecule has 2 aromatic rings. The maximum Gasteiger partial charge on any atom is 0.417 e. The van der Waals surface area contributed by atoms with Crippen molar-refractivity contribution in [3.05, 3.63) is 46.3 Å². The average molecular weight is 283 g/mol. The maximum atomic E-state index is 13.0. The number of aromatic amines is 1. The minimum atomic E-state index is -4.53. The van der Waals surface area contributed by atoms with Crippen LogP contribution in [0.1, 0.15) is 30.9 Å². The lowest BCUT2D eigenvalue weighted by molar-refractivity contribution is -0.137. The highest BCUT2D eigenvalue weighted by Crippen LogP contribution is 2.37. The lowest BCUT2D eigenvalue weighted by Gasteiger charge is -2.15. The Morgan fingerprint density at radius 2 is 2.00 bits per heavy atom. The SMILES string of the molecule is CC(C)c1c(-c2cnccc2C(F)(F)F)nc[nH]c1=O. The number of nitrogens with one attached hydrogen (secondary N) is 1. The van der Waals surface area contributed by atoms with Crippen molar-refractivity contribution < 1.29 is 13.2 Å². The number of nitrogens with zero attached hydrogens (tertiary/aromatic N) is 2. The Morgan fingerprint density at radius 1 is 1.30 bits per heavy atom. The summed E-state index contributed by atoms with van der Waals surface area (Å²) < 4.78 is 39.1. The molecule has 106 valence electrons. The second-order valence-electron chi connectivity index (χ2n) is 4.57. The van der Waals surface area contributed by atoms with E-state index in [-0.39, 0.29) is 22.7 Å². The van der Waals surface area contributed by atoms with Crippen LogP contribution in [0, 0.1) is 0 Å². The zero-order chi connectivity index (χ0) is 14.9. The Balaban J connectivity index is 2.77. The highest BCUT2D eigenvalue weighted by Gasteiger charge is 2.34. The van der Waals surface area contributed by atoms with Gasteiger partial charge in [0.15, 0.2) is 0 Å². The van der Waals surface area contributed by atoms with Crippen LogP contribution < -0.4 is 5.56 Å². The van der Waals surface area contributed by atoms with Crippen molar-refractivity contribution in [2.24, 2.45) is 0 Å². The quantitative estimate of drug-likeness (QED) is 0.921. The van der Waals surface area contributed by atoms with Crippen LogP contribution >= 0.6 is 0 Å². The van der Waals surface area contributed by atoms with Crippen LogP contribution in [0.25, 0.3) is 11.3 Å². The number of rotatable bonds is 2. The summed E-state index contributed by atoms with van der Waals surface area (Å²) in [7, 11) is 0. The summed E-state index contributed by atoms with van der Waals surface area (Å²) in [5, 5.41) is 0. The fraction of sp³-hybridized carbons (Fsp3) is 0.308. The molecule has 20 heavy (non-hydrogen) atoms. The molecule has 2 rings (SSSR count). The lowest BCUT2D eigenvalue weighted by Crippen LogP contribution is -2.18. The molecule has 0 unspecified atom stereocenters. The molecule has 0 fully saturated rings. The number of H-pyrrole nitrogens is 1. The first-order chi connectivity index (χ1) is 9.32. The summed E-state index contributed by atoms with van der Waals surface area (Å²) in [6.45, 7) is 3.44. The predicted octanol–water partition coefficient (Wildman–Crippen LogP) is 2.97. The summed E-state index contributed by atoms with van der Waals surface area (Å²) >= 11 is 0. The highest BCUT2D eigenvalue weighted by atomic mass is 19.4. The van der Waals surface area contributed by atoms with Gasteiger partial charge in [-0.25, -0.2) is 4.98 Å². The van der Waals surface area contributed by atoms with E-state index in [1.165, 1.54) is 0 Å². The van der Waals surface area contributed by atoms with Crippen molar-refractivity contribution in [2.45, 2.75) is 25.9 Å². The van der Waals surface area contributed by atoms with Gasteiger partial charge in [0.05, 0.1) is 17.6 Å². The van der Waals surface area contributed by atoms with Crippen LogP contribution in [0.2, 0.25) is 0 Å². The number of alkyl halides is 3. The molecule has 0 bridgehead atoms. The molecule has 2 aromatic heterocycles. The molecule has 0 aromatic carbocycles. The van der Waals surface area contributed by atoms with Crippen molar-refractivity contribution in [2.75, 3.05) is 0 Å². The van der Waals surface area contributed by atoms with Crippen LogP contribution in [0.4, 0.5) is 13.2 Å². The Bertz CT molecular complexity index is 677. The number of hydrogen-bond acceptors (Lipinski definition) is 3. The Kier molecular flexibility index (Phi) is 3.61. The first-order valence-corrected chi connectivity index (χ1v) is 5.91. The summed E-state index contributed by atoms with van der Waals surface area (Å²) in [6.07, 6.45) is -1.29. The van der Waals surface area contributed by atoms with Crippen molar-refractivity contribution in [3.8, 4) is 11.3 Å². The normalized spacial score (nSPS) is 11.9. The smallest absolute Gasteiger partial charge is 0.313 e. The van der Waals surface area contributed by atoms with Gasteiger partial charge in [-0.05, 0) is 12.0 Å². The molecule has 0 aliphatic carbocycles. The number of hydrogen-bond donors (Lipinski definition) is 1. The fourth-order valence-corrected chi connectivity index (χ4v) is 1.99. The summed E-state index contributed by atoms with van der Waals surface area (Å²) in [5.41, 5.74) is -1.25. The minimum absolute atomic E-state index is 0.0178. The fourth-order valence-electron chi connectivity index (χ4n) is 1.99. The van der Waals surface area contributed by atoms with Crippen molar-refractivity contribution in [1.29, 1.82) is 0 Å². The molecule has 0 saturated carbocycles. The van der Waals surface area contributed by atoms with Crippen LogP contribution in [0.15, 0.2) is 29.6 Å². The third-order valence-corrected chi connectivity index (χ3v) is 2.85. The topological polar surface area (TPSA) is 58.6 Å². The molecule has 2 heterocycles. The van der Waals surface area contributed by atoms with Crippen molar-refractivity contribution in [3.63, 3.8) is 0 Å². The Labute approximate surface area is 112 Å². The Hall–Kier alpha value is -2.18. The third kappa shape index (κ3) is 2.56. The molecule has 0 saturated heterocycles. The van der Waals surface area contributed by atoms with E-state index in [2.05, 4.69) is 15.0 Å². The largest absolute Gasteiger partial charge is 0.417 e. The average Bonchev–Trinajstić information content (AvgIpc) is 2.37. The molecule has 4 nitrogen and oxygen atoms in total. The number of pyridine rings is 1. The van der Waals surface area contributed by atoms with E-state index in [0.29, 0.717) is 0 Å². The van der Waals surface area contributed by atoms with E-state index in [4.69, 9.17) is 0 Å². The molecule has 0 amide bonds. The van der Waals surface area contributed by atoms with Gasteiger partial charge in [-0.2, -0.15) is 13.2 Å². The second-order valence-corrected chi connectivity index (χ2v) is 4.57. The van der Waals surface area contributed by atoms with Gasteiger partial charge in [0, 0.05) is 23.5 Å². The summed E-state index contributed by atoms with van der Waals surface area (Å²) in [4.78, 5) is 21.8. The molecule has 0 atom stereocenters. The molecule has 0 aliphatic rings. The van der Waals surface area contributed by atoms with Gasteiger partial charge in [-0.1, -0.05) is 13.8 Å². The van der Waals surface area contributed by atoms with Gasteiger partial charge in [-0.15, -0.1) is 0 Å². The number of halogens is 3. The standard InChI is InChI=1S/C13H12F3N3O/c1-7(2)10-11(18-6-19-12(10)20)8-5-17-4-3-9(8)13(14,15)16/h3-7H,1-2H3,(H,18,19,20). The van der Waals surface area contributed by atoms with Crippen molar-refractivity contribution in [1.82, 2.24) is 15.0 Å². The van der Waals surface area contributed by atoms with E-state index in [9.17, 15) is 18.0 Å². The zero-order valence-corrected chi connectivity index (χ0v) is 10.8. The number of aromatic nitrogens is 3. The third-order valence-electron chi connectivity index (χ3n) is 2.85. The molecular formula is C13H12F3N3O. The maximum absolute atomic E-state index is 13.0. The van der Waals surface area contributed by atoms with E-state index in [1.807, 2.05) is 0 Å². The molecule has 0 aliphatic heterocycles.